The second kappa shape index (κ2) is 5.53. The van der Waals surface area contributed by atoms with Crippen molar-refractivity contribution in [2.75, 3.05) is 12.5 Å². The summed E-state index contributed by atoms with van der Waals surface area (Å²) in [6.45, 7) is 0. The maximum atomic E-state index is 11.9. The van der Waals surface area contributed by atoms with Gasteiger partial charge in [0, 0.05) is 39.5 Å². The maximum absolute atomic E-state index is 11.9. The third-order valence-electron chi connectivity index (χ3n) is 3.80. The van der Waals surface area contributed by atoms with Crippen molar-refractivity contribution in [1.82, 2.24) is 19.5 Å². The molecule has 24 heavy (non-hydrogen) atoms. The maximum Gasteiger partial charge on any atom is 0.224 e. The second-order valence-electron chi connectivity index (χ2n) is 6.22. The number of hydrogen-bond donors (Lipinski definition) is 0. The minimum absolute atomic E-state index is 0.204. The molecule has 0 amide bonds. The van der Waals surface area contributed by atoms with Crippen LogP contribution in [0.2, 0.25) is 5.28 Å². The van der Waals surface area contributed by atoms with Crippen LogP contribution in [0.4, 0.5) is 5.82 Å². The van der Waals surface area contributed by atoms with E-state index in [-0.39, 0.29) is 5.28 Å². The Bertz CT molecular complexity index is 1060. The Hall–Kier alpha value is -1.99. The standard InChI is InChI=1S/C16H16ClN5OS/c1-24(2,23)21-13-4-3-5-14(19-13)22-12(10-6-7-10)8-11-9-18-16(17)20-15(11)22/h3-5,8-10H,6-7H2,1-2H3. The van der Waals surface area contributed by atoms with Crippen molar-refractivity contribution in [2.24, 2.45) is 4.36 Å². The molecule has 1 aliphatic rings. The first kappa shape index (κ1) is 15.5. The van der Waals surface area contributed by atoms with Crippen LogP contribution in [0.5, 0.6) is 0 Å². The third kappa shape index (κ3) is 3.01. The largest absolute Gasteiger partial charge is 0.282 e. The van der Waals surface area contributed by atoms with E-state index in [4.69, 9.17) is 11.6 Å². The predicted octanol–water partition coefficient (Wildman–Crippen LogP) is 3.71. The van der Waals surface area contributed by atoms with Gasteiger partial charge in [-0.2, -0.15) is 9.35 Å². The highest BCUT2D eigenvalue weighted by Gasteiger charge is 2.29. The van der Waals surface area contributed by atoms with Crippen LogP contribution < -0.4 is 0 Å². The summed E-state index contributed by atoms with van der Waals surface area (Å²) >= 11 is 5.99. The number of nitrogens with zero attached hydrogens (tertiary/aromatic N) is 5. The van der Waals surface area contributed by atoms with Crippen molar-refractivity contribution < 1.29 is 4.21 Å². The molecule has 3 aromatic heterocycles. The highest BCUT2D eigenvalue weighted by atomic mass is 35.5. The zero-order chi connectivity index (χ0) is 16.9. The number of rotatable bonds is 3. The lowest BCUT2D eigenvalue weighted by Gasteiger charge is -2.09. The Kier molecular flexibility index (Phi) is 3.58. The average Bonchev–Trinajstić information content (AvgIpc) is 3.27. The molecular weight excluding hydrogens is 346 g/mol. The monoisotopic (exact) mass is 361 g/mol. The van der Waals surface area contributed by atoms with Gasteiger partial charge >= 0.3 is 0 Å². The Morgan fingerprint density at radius 1 is 1.29 bits per heavy atom. The lowest BCUT2D eigenvalue weighted by atomic mass is 10.3. The molecule has 0 aliphatic heterocycles. The van der Waals surface area contributed by atoms with Gasteiger partial charge in [0.25, 0.3) is 0 Å². The van der Waals surface area contributed by atoms with E-state index in [1.54, 1.807) is 24.8 Å². The van der Waals surface area contributed by atoms with Gasteiger partial charge in [-0.05, 0) is 48.6 Å². The summed E-state index contributed by atoms with van der Waals surface area (Å²) in [7, 11) is -2.27. The van der Waals surface area contributed by atoms with Gasteiger partial charge in [-0.25, -0.2) is 14.2 Å². The first-order valence-electron chi connectivity index (χ1n) is 7.59. The summed E-state index contributed by atoms with van der Waals surface area (Å²) in [5.41, 5.74) is 1.88. The minimum Gasteiger partial charge on any atom is -0.282 e. The summed E-state index contributed by atoms with van der Waals surface area (Å²) in [6, 6.07) is 7.60. The van der Waals surface area contributed by atoms with Crippen LogP contribution in [0.1, 0.15) is 24.5 Å². The topological polar surface area (TPSA) is 73.0 Å². The van der Waals surface area contributed by atoms with Crippen LogP contribution in [0.3, 0.4) is 0 Å². The van der Waals surface area contributed by atoms with Crippen molar-refractivity contribution >= 4 is 38.2 Å². The molecule has 0 saturated heterocycles. The average molecular weight is 362 g/mol. The number of aromatic nitrogens is 4. The molecule has 0 N–H and O–H groups in total. The first-order valence-corrected chi connectivity index (χ1v) is 10.3. The molecule has 0 atom stereocenters. The van der Waals surface area contributed by atoms with Crippen LogP contribution in [0.25, 0.3) is 16.9 Å². The molecule has 1 fully saturated rings. The molecule has 3 aromatic rings. The predicted molar refractivity (Wildman–Crippen MR) is 95.7 cm³/mol. The molecule has 1 saturated carbocycles. The minimum atomic E-state index is -2.27. The molecule has 8 heteroatoms. The zero-order valence-electron chi connectivity index (χ0n) is 13.3. The highest BCUT2D eigenvalue weighted by molar-refractivity contribution is 7.92. The summed E-state index contributed by atoms with van der Waals surface area (Å²) in [4.78, 5) is 13.0. The van der Waals surface area contributed by atoms with Gasteiger partial charge in [0.2, 0.25) is 5.28 Å². The SMILES string of the molecule is CS(C)(=O)=Nc1cccc(-n2c(C3CC3)cc3cnc(Cl)nc32)n1. The Balaban J connectivity index is 1.96. The summed E-state index contributed by atoms with van der Waals surface area (Å²) in [5.74, 6) is 1.65. The molecule has 1 aliphatic carbocycles. The van der Waals surface area contributed by atoms with Crippen LogP contribution in [0, 0.1) is 0 Å². The van der Waals surface area contributed by atoms with Gasteiger partial charge < -0.3 is 0 Å². The van der Waals surface area contributed by atoms with Crippen molar-refractivity contribution in [1.29, 1.82) is 0 Å². The Morgan fingerprint density at radius 2 is 2.08 bits per heavy atom. The molecule has 0 radical (unpaired) electrons. The van der Waals surface area contributed by atoms with Crippen LogP contribution >= 0.6 is 11.6 Å². The molecule has 0 aromatic carbocycles. The Morgan fingerprint density at radius 3 is 2.79 bits per heavy atom. The quantitative estimate of drug-likeness (QED) is 0.666. The lowest BCUT2D eigenvalue weighted by Crippen LogP contribution is -2.03. The molecule has 6 nitrogen and oxygen atoms in total. The van der Waals surface area contributed by atoms with Gasteiger partial charge in [0.05, 0.1) is 0 Å². The summed E-state index contributed by atoms with van der Waals surface area (Å²) < 4.78 is 18.1. The van der Waals surface area contributed by atoms with E-state index in [0.717, 1.165) is 29.6 Å². The fraction of sp³-hybridized carbons (Fsp3) is 0.312. The van der Waals surface area contributed by atoms with Crippen molar-refractivity contribution in [3.05, 3.63) is 41.4 Å². The van der Waals surface area contributed by atoms with Crippen molar-refractivity contribution in [2.45, 2.75) is 18.8 Å². The van der Waals surface area contributed by atoms with Crippen molar-refractivity contribution in [3.8, 4) is 5.82 Å². The van der Waals surface area contributed by atoms with E-state index in [0.29, 0.717) is 17.6 Å². The van der Waals surface area contributed by atoms with E-state index in [9.17, 15) is 4.21 Å². The molecule has 0 bridgehead atoms. The first-order chi connectivity index (χ1) is 11.4. The number of fused-ring (bicyclic) bond motifs is 1. The van der Waals surface area contributed by atoms with Crippen LogP contribution in [0.15, 0.2) is 34.8 Å². The highest BCUT2D eigenvalue weighted by Crippen LogP contribution is 2.43. The van der Waals surface area contributed by atoms with Gasteiger partial charge in [0.1, 0.15) is 5.82 Å². The van der Waals surface area contributed by atoms with Gasteiger partial charge in [-0.1, -0.05) is 6.07 Å². The molecule has 0 spiro atoms. The Labute approximate surface area is 145 Å². The fourth-order valence-electron chi connectivity index (χ4n) is 2.72. The van der Waals surface area contributed by atoms with E-state index in [1.807, 2.05) is 16.7 Å². The van der Waals surface area contributed by atoms with E-state index in [1.165, 1.54) is 0 Å². The number of halogens is 1. The van der Waals surface area contributed by atoms with Gasteiger partial charge in [0.15, 0.2) is 11.5 Å². The second-order valence-corrected chi connectivity index (χ2v) is 9.11. The summed E-state index contributed by atoms with van der Waals surface area (Å²) in [6.07, 6.45) is 7.22. The molecule has 0 unspecified atom stereocenters. The smallest absolute Gasteiger partial charge is 0.224 e. The van der Waals surface area contributed by atoms with E-state index in [2.05, 4.69) is 25.4 Å². The fourth-order valence-corrected chi connectivity index (χ4v) is 3.40. The van der Waals surface area contributed by atoms with Crippen molar-refractivity contribution in [3.63, 3.8) is 0 Å². The van der Waals surface area contributed by atoms with Crippen LogP contribution in [-0.2, 0) is 9.73 Å². The zero-order valence-corrected chi connectivity index (χ0v) is 14.9. The molecular formula is C16H16ClN5OS. The van der Waals surface area contributed by atoms with E-state index < -0.39 is 9.73 Å². The van der Waals surface area contributed by atoms with E-state index >= 15 is 0 Å². The van der Waals surface area contributed by atoms with Gasteiger partial charge in [-0.3, -0.25) is 4.57 Å². The molecule has 3 heterocycles. The molecule has 4 rings (SSSR count). The number of pyridine rings is 1. The van der Waals surface area contributed by atoms with Crippen LogP contribution in [-0.4, -0.2) is 36.2 Å². The lowest BCUT2D eigenvalue weighted by molar-refractivity contribution is 0.684. The number of hydrogen-bond acceptors (Lipinski definition) is 5. The normalized spacial score (nSPS) is 15.0. The molecule has 124 valence electrons. The third-order valence-corrected chi connectivity index (χ3v) is 4.61. The van der Waals surface area contributed by atoms with Gasteiger partial charge in [-0.15, -0.1) is 0 Å². The summed E-state index contributed by atoms with van der Waals surface area (Å²) in [5, 5.41) is 1.13.